The van der Waals surface area contributed by atoms with Crippen molar-refractivity contribution in [3.63, 3.8) is 0 Å². The van der Waals surface area contributed by atoms with Crippen molar-refractivity contribution < 1.29 is 0 Å². The number of aromatic amines is 1. The summed E-state index contributed by atoms with van der Waals surface area (Å²) in [5, 5.41) is 16.4. The second kappa shape index (κ2) is 6.06. The monoisotopic (exact) mass is 398 g/mol. The molecule has 136 valence electrons. The number of thiazole rings is 2. The van der Waals surface area contributed by atoms with Crippen LogP contribution in [0.2, 0.25) is 0 Å². The molecule has 0 aliphatic rings. The van der Waals surface area contributed by atoms with Crippen LogP contribution in [0.15, 0.2) is 22.7 Å². The van der Waals surface area contributed by atoms with Crippen LogP contribution in [-0.4, -0.2) is 39.7 Å². The lowest BCUT2D eigenvalue weighted by Gasteiger charge is -2.03. The Labute approximate surface area is 160 Å². The van der Waals surface area contributed by atoms with Gasteiger partial charge in [0, 0.05) is 29.9 Å². The van der Waals surface area contributed by atoms with Crippen molar-refractivity contribution in [1.82, 2.24) is 39.7 Å². The predicted octanol–water partition coefficient (Wildman–Crippen LogP) is 1.87. The Bertz CT molecular complexity index is 1320. The fourth-order valence-electron chi connectivity index (χ4n) is 3.12. The van der Waals surface area contributed by atoms with Crippen molar-refractivity contribution in [3.8, 4) is 0 Å². The molecule has 0 aromatic carbocycles. The molecule has 0 aliphatic carbocycles. The number of nitrogens with zero attached hydrogens (tertiary/aromatic N) is 7. The zero-order chi connectivity index (χ0) is 18.5. The average Bonchev–Trinajstić information content (AvgIpc) is 3.41. The summed E-state index contributed by atoms with van der Waals surface area (Å²) >= 11 is 3.23. The zero-order valence-electron chi connectivity index (χ0n) is 14.5. The van der Waals surface area contributed by atoms with Gasteiger partial charge in [-0.15, -0.1) is 27.8 Å². The van der Waals surface area contributed by atoms with Gasteiger partial charge in [0.1, 0.15) is 16.2 Å². The van der Waals surface area contributed by atoms with Crippen molar-refractivity contribution >= 4 is 43.9 Å². The molecule has 5 aromatic rings. The summed E-state index contributed by atoms with van der Waals surface area (Å²) in [6, 6.07) is 0. The molecule has 5 heterocycles. The van der Waals surface area contributed by atoms with Crippen molar-refractivity contribution in [2.45, 2.75) is 19.9 Å². The molecule has 1 N–H and O–H groups in total. The molecule has 0 aliphatic heterocycles. The van der Waals surface area contributed by atoms with E-state index >= 15 is 0 Å². The maximum Gasteiger partial charge on any atom is 0.291 e. The molecule has 9 nitrogen and oxygen atoms in total. The van der Waals surface area contributed by atoms with E-state index in [9.17, 15) is 4.79 Å². The Kier molecular flexibility index (Phi) is 3.65. The minimum absolute atomic E-state index is 0.167. The molecule has 0 saturated carbocycles. The number of hydrogen-bond donors (Lipinski definition) is 1. The Hall–Kier alpha value is -2.92. The quantitative estimate of drug-likeness (QED) is 0.495. The van der Waals surface area contributed by atoms with Gasteiger partial charge in [-0.1, -0.05) is 5.21 Å². The zero-order valence-corrected chi connectivity index (χ0v) is 16.1. The SMILES string of the molecule is Cc1scnc1Cc1nc2c(s1)c1cnn(Cc3c[nH]nn3)c(=O)c1n2C. The van der Waals surface area contributed by atoms with Crippen LogP contribution in [0, 0.1) is 6.92 Å². The Morgan fingerprint density at radius 3 is 2.96 bits per heavy atom. The molecule has 0 spiro atoms. The largest absolute Gasteiger partial charge is 0.323 e. The Morgan fingerprint density at radius 1 is 1.33 bits per heavy atom. The van der Waals surface area contributed by atoms with Gasteiger partial charge >= 0.3 is 0 Å². The molecule has 0 bridgehead atoms. The van der Waals surface area contributed by atoms with Crippen molar-refractivity contribution in [3.05, 3.63) is 49.5 Å². The van der Waals surface area contributed by atoms with Gasteiger partial charge < -0.3 is 4.57 Å². The number of hydrogen-bond acceptors (Lipinski definition) is 8. The second-order valence-corrected chi connectivity index (χ2v) is 8.33. The first-order valence-electron chi connectivity index (χ1n) is 8.20. The third kappa shape index (κ3) is 2.58. The molecular weight excluding hydrogens is 384 g/mol. The standard InChI is InChI=1S/C16H14N8OS2/c1-8-11(17-7-26-8)3-12-20-15-14(27-12)10-5-19-24(6-9-4-18-22-21-9)16(25)13(10)23(15)2/h4-5,7H,3,6H2,1-2H3,(H,18,21,22). The van der Waals surface area contributed by atoms with E-state index < -0.39 is 0 Å². The summed E-state index contributed by atoms with van der Waals surface area (Å²) in [6.07, 6.45) is 4.08. The van der Waals surface area contributed by atoms with Crippen LogP contribution < -0.4 is 5.56 Å². The number of H-pyrrole nitrogens is 1. The van der Waals surface area contributed by atoms with Crippen molar-refractivity contribution in [2.75, 3.05) is 0 Å². The number of rotatable bonds is 4. The second-order valence-electron chi connectivity index (χ2n) is 6.19. The van der Waals surface area contributed by atoms with Crippen LogP contribution >= 0.6 is 22.7 Å². The molecule has 0 amide bonds. The summed E-state index contributed by atoms with van der Waals surface area (Å²) in [7, 11) is 1.87. The maximum absolute atomic E-state index is 12.9. The molecule has 0 unspecified atom stereocenters. The highest BCUT2D eigenvalue weighted by molar-refractivity contribution is 7.19. The van der Waals surface area contributed by atoms with E-state index in [0.29, 0.717) is 17.6 Å². The summed E-state index contributed by atoms with van der Waals surface area (Å²) < 4.78 is 4.22. The number of aryl methyl sites for hydroxylation is 2. The minimum atomic E-state index is -0.167. The van der Waals surface area contributed by atoms with Crippen molar-refractivity contribution in [1.29, 1.82) is 0 Å². The third-order valence-corrected chi connectivity index (χ3v) is 6.39. The van der Waals surface area contributed by atoms with E-state index in [1.165, 1.54) is 9.56 Å². The van der Waals surface area contributed by atoms with Gasteiger partial charge in [-0.3, -0.25) is 9.89 Å². The number of fused-ring (bicyclic) bond motifs is 3. The van der Waals surface area contributed by atoms with Crippen LogP contribution in [0.25, 0.3) is 21.3 Å². The smallest absolute Gasteiger partial charge is 0.291 e. The first-order chi connectivity index (χ1) is 13.1. The highest BCUT2D eigenvalue weighted by Crippen LogP contribution is 2.32. The molecule has 0 saturated heterocycles. The molecule has 0 atom stereocenters. The summed E-state index contributed by atoms with van der Waals surface area (Å²) in [4.78, 5) is 23.3. The first-order valence-corrected chi connectivity index (χ1v) is 9.89. The van der Waals surface area contributed by atoms with E-state index in [0.717, 1.165) is 26.4 Å². The highest BCUT2D eigenvalue weighted by atomic mass is 32.1. The van der Waals surface area contributed by atoms with Gasteiger partial charge in [-0.05, 0) is 6.92 Å². The van der Waals surface area contributed by atoms with E-state index in [1.807, 2.05) is 17.1 Å². The highest BCUT2D eigenvalue weighted by Gasteiger charge is 2.19. The average molecular weight is 398 g/mol. The fourth-order valence-corrected chi connectivity index (χ4v) is 4.83. The van der Waals surface area contributed by atoms with E-state index in [4.69, 9.17) is 4.98 Å². The lowest BCUT2D eigenvalue weighted by molar-refractivity contribution is 0.631. The van der Waals surface area contributed by atoms with E-state index in [1.54, 1.807) is 35.1 Å². The summed E-state index contributed by atoms with van der Waals surface area (Å²) in [5.74, 6) is 0. The van der Waals surface area contributed by atoms with Crippen LogP contribution in [0.4, 0.5) is 0 Å². The summed E-state index contributed by atoms with van der Waals surface area (Å²) in [6.45, 7) is 2.34. The molecule has 27 heavy (non-hydrogen) atoms. The first kappa shape index (κ1) is 16.3. The normalized spacial score (nSPS) is 11.8. The number of nitrogens with one attached hydrogen (secondary N) is 1. The van der Waals surface area contributed by atoms with Gasteiger partial charge in [-0.2, -0.15) is 5.10 Å². The fraction of sp³-hybridized carbons (Fsp3) is 0.250. The van der Waals surface area contributed by atoms with Crippen LogP contribution in [-0.2, 0) is 20.0 Å². The van der Waals surface area contributed by atoms with Gasteiger partial charge in [0.05, 0.1) is 28.6 Å². The molecule has 11 heteroatoms. The van der Waals surface area contributed by atoms with Crippen LogP contribution in [0.1, 0.15) is 21.3 Å². The van der Waals surface area contributed by atoms with Gasteiger partial charge in [0.25, 0.3) is 5.56 Å². The molecule has 0 fully saturated rings. The maximum atomic E-state index is 12.9. The molecular formula is C16H14N8OS2. The topological polar surface area (TPSA) is 107 Å². The van der Waals surface area contributed by atoms with Gasteiger partial charge in [0.2, 0.25) is 0 Å². The van der Waals surface area contributed by atoms with Gasteiger partial charge in [-0.25, -0.2) is 14.6 Å². The molecule has 0 radical (unpaired) electrons. The van der Waals surface area contributed by atoms with Crippen molar-refractivity contribution in [2.24, 2.45) is 7.05 Å². The molecule has 5 rings (SSSR count). The number of aromatic nitrogens is 8. The molecule has 5 aromatic heterocycles. The van der Waals surface area contributed by atoms with E-state index in [-0.39, 0.29) is 12.1 Å². The van der Waals surface area contributed by atoms with Crippen LogP contribution in [0.3, 0.4) is 0 Å². The Morgan fingerprint density at radius 2 is 2.22 bits per heavy atom. The van der Waals surface area contributed by atoms with Gasteiger partial charge in [0.15, 0.2) is 5.65 Å². The third-order valence-electron chi connectivity index (χ3n) is 4.51. The predicted molar refractivity (Wildman–Crippen MR) is 103 cm³/mol. The summed E-state index contributed by atoms with van der Waals surface area (Å²) in [5.41, 5.74) is 4.79. The lowest BCUT2D eigenvalue weighted by atomic mass is 10.3. The minimum Gasteiger partial charge on any atom is -0.323 e. The van der Waals surface area contributed by atoms with E-state index in [2.05, 4.69) is 32.4 Å². The Balaban J connectivity index is 1.61. The lowest BCUT2D eigenvalue weighted by Crippen LogP contribution is -2.24. The van der Waals surface area contributed by atoms with Crippen LogP contribution in [0.5, 0.6) is 0 Å².